The molecule has 0 amide bonds. The predicted octanol–water partition coefficient (Wildman–Crippen LogP) is 6.31. The van der Waals surface area contributed by atoms with Crippen molar-refractivity contribution in [3.63, 3.8) is 0 Å². The van der Waals surface area contributed by atoms with E-state index < -0.39 is 22.9 Å². The van der Waals surface area contributed by atoms with Gasteiger partial charge >= 0.3 is 0 Å². The van der Waals surface area contributed by atoms with Gasteiger partial charge < -0.3 is 4.55 Å². The summed E-state index contributed by atoms with van der Waals surface area (Å²) in [6.07, 6.45) is 0.411. The smallest absolute Gasteiger partial charge is 0.159 e. The maximum absolute atomic E-state index is 14.0. The van der Waals surface area contributed by atoms with Crippen molar-refractivity contribution in [1.82, 2.24) is 4.90 Å². The molecule has 2 unspecified atom stereocenters. The number of rotatable bonds is 11. The Hall–Kier alpha value is -1.87. The standard InChI is InChI=1S/C26H34F2N2O2S2/c1-17(2)14-29(15-18(3)4)21(12-20-10-11-23(27)24(28)13-20)16-30(34(31)32)26-19(5)22-8-6-7-9-25(22)33-26/h6-11,13,17-18,21H,12,14-16H2,1-5H3,(H,31,32)/p-1. The molecule has 0 N–H and O–H groups in total. The zero-order valence-corrected chi connectivity index (χ0v) is 22.0. The third-order valence-corrected chi connectivity index (χ3v) is 7.88. The van der Waals surface area contributed by atoms with Gasteiger partial charge in [0, 0.05) is 41.6 Å². The minimum Gasteiger partial charge on any atom is -0.755 e. The third-order valence-electron chi connectivity index (χ3n) is 5.77. The zero-order chi connectivity index (χ0) is 25.0. The van der Waals surface area contributed by atoms with Gasteiger partial charge in [-0.05, 0) is 59.9 Å². The van der Waals surface area contributed by atoms with E-state index in [1.165, 1.54) is 21.7 Å². The van der Waals surface area contributed by atoms with E-state index >= 15 is 0 Å². The van der Waals surface area contributed by atoms with Crippen LogP contribution in [0.1, 0.15) is 38.8 Å². The van der Waals surface area contributed by atoms with Crippen LogP contribution in [0.25, 0.3) is 10.1 Å². The number of thiophene rings is 1. The second kappa shape index (κ2) is 11.7. The molecule has 8 heteroatoms. The first-order valence-corrected chi connectivity index (χ1v) is 13.4. The van der Waals surface area contributed by atoms with Crippen LogP contribution in [0.2, 0.25) is 0 Å². The molecule has 0 bridgehead atoms. The lowest BCUT2D eigenvalue weighted by molar-refractivity contribution is 0.159. The molecule has 0 fully saturated rings. The fourth-order valence-corrected chi connectivity index (χ4v) is 6.35. The number of nitrogens with zero attached hydrogens (tertiary/aromatic N) is 2. The summed E-state index contributed by atoms with van der Waals surface area (Å²) in [5, 5.41) is 1.73. The Bertz CT molecular complexity index is 1120. The van der Waals surface area contributed by atoms with Gasteiger partial charge in [0.1, 0.15) is 5.00 Å². The summed E-state index contributed by atoms with van der Waals surface area (Å²) in [6.45, 7) is 12.2. The Morgan fingerprint density at radius 2 is 1.62 bits per heavy atom. The lowest BCUT2D eigenvalue weighted by atomic mass is 10.0. The van der Waals surface area contributed by atoms with Crippen molar-refractivity contribution in [1.29, 1.82) is 0 Å². The molecule has 0 saturated heterocycles. The van der Waals surface area contributed by atoms with Crippen molar-refractivity contribution in [2.75, 3.05) is 23.9 Å². The van der Waals surface area contributed by atoms with Crippen molar-refractivity contribution in [2.45, 2.75) is 47.1 Å². The van der Waals surface area contributed by atoms with Gasteiger partial charge in [-0.1, -0.05) is 52.0 Å². The SMILES string of the molecule is Cc1c(N(CC(Cc2ccc(F)c(F)c2)N(CC(C)C)CC(C)C)S(=O)[O-])sc2ccccc12. The van der Waals surface area contributed by atoms with Crippen LogP contribution in [-0.2, 0) is 17.7 Å². The molecule has 0 aliphatic heterocycles. The molecule has 1 heterocycles. The van der Waals surface area contributed by atoms with Crippen LogP contribution in [0.5, 0.6) is 0 Å². The summed E-state index contributed by atoms with van der Waals surface area (Å²) >= 11 is -1.03. The maximum Gasteiger partial charge on any atom is 0.159 e. The van der Waals surface area contributed by atoms with Crippen LogP contribution in [0.3, 0.4) is 0 Å². The van der Waals surface area contributed by atoms with E-state index in [9.17, 15) is 17.5 Å². The van der Waals surface area contributed by atoms with Gasteiger partial charge in [-0.2, -0.15) is 0 Å². The maximum atomic E-state index is 14.0. The highest BCUT2D eigenvalue weighted by atomic mass is 32.2. The topological polar surface area (TPSA) is 46.6 Å². The molecule has 1 aromatic heterocycles. The first-order valence-electron chi connectivity index (χ1n) is 11.6. The molecule has 2 aromatic carbocycles. The molecular formula is C26H33F2N2O2S2-. The van der Waals surface area contributed by atoms with Gasteiger partial charge in [0.25, 0.3) is 0 Å². The van der Waals surface area contributed by atoms with E-state index in [1.54, 1.807) is 6.07 Å². The predicted molar refractivity (Wildman–Crippen MR) is 138 cm³/mol. The fourth-order valence-electron chi connectivity index (χ4n) is 4.36. The van der Waals surface area contributed by atoms with E-state index in [0.717, 1.165) is 34.8 Å². The molecule has 0 aliphatic rings. The number of halogens is 2. The van der Waals surface area contributed by atoms with Crippen LogP contribution in [0, 0.1) is 30.4 Å². The number of anilines is 1. The van der Waals surface area contributed by atoms with E-state index in [2.05, 4.69) is 32.6 Å². The molecule has 4 nitrogen and oxygen atoms in total. The summed E-state index contributed by atoms with van der Waals surface area (Å²) in [7, 11) is 0. The van der Waals surface area contributed by atoms with E-state index in [1.807, 2.05) is 31.2 Å². The first-order chi connectivity index (χ1) is 16.1. The van der Waals surface area contributed by atoms with Crippen molar-refractivity contribution >= 4 is 37.7 Å². The van der Waals surface area contributed by atoms with Crippen LogP contribution in [-0.4, -0.2) is 39.3 Å². The molecule has 2 atom stereocenters. The van der Waals surface area contributed by atoms with Gasteiger partial charge in [0.05, 0.1) is 0 Å². The average Bonchev–Trinajstić information content (AvgIpc) is 3.08. The Morgan fingerprint density at radius 1 is 0.971 bits per heavy atom. The van der Waals surface area contributed by atoms with Crippen LogP contribution < -0.4 is 4.31 Å². The van der Waals surface area contributed by atoms with Gasteiger partial charge in [0.2, 0.25) is 0 Å². The molecule has 0 spiro atoms. The van der Waals surface area contributed by atoms with E-state index in [-0.39, 0.29) is 12.6 Å². The van der Waals surface area contributed by atoms with Crippen LogP contribution in [0.4, 0.5) is 13.8 Å². The fraction of sp³-hybridized carbons (Fsp3) is 0.462. The Morgan fingerprint density at radius 3 is 2.18 bits per heavy atom. The summed E-state index contributed by atoms with van der Waals surface area (Å²) in [5.74, 6) is -1.04. The van der Waals surface area contributed by atoms with Gasteiger partial charge in [0.15, 0.2) is 11.6 Å². The molecular weight excluding hydrogens is 474 g/mol. The van der Waals surface area contributed by atoms with Crippen molar-refractivity contribution in [3.8, 4) is 0 Å². The number of benzene rings is 2. The molecule has 0 saturated carbocycles. The highest BCUT2D eigenvalue weighted by molar-refractivity contribution is 7.81. The number of aryl methyl sites for hydroxylation is 1. The molecule has 3 aromatic rings. The quantitative estimate of drug-likeness (QED) is 0.286. The molecule has 0 aliphatic carbocycles. The Kier molecular flexibility index (Phi) is 9.20. The van der Waals surface area contributed by atoms with Gasteiger partial charge in [-0.25, -0.2) is 8.78 Å². The van der Waals surface area contributed by atoms with Crippen molar-refractivity contribution in [3.05, 3.63) is 65.2 Å². The Labute approximate surface area is 208 Å². The lowest BCUT2D eigenvalue weighted by Crippen LogP contribution is -2.48. The second-order valence-corrected chi connectivity index (χ2v) is 11.6. The number of hydrogen-bond acceptors (Lipinski definition) is 4. The second-order valence-electron chi connectivity index (χ2n) is 9.65. The zero-order valence-electron chi connectivity index (χ0n) is 20.4. The minimum atomic E-state index is -2.49. The van der Waals surface area contributed by atoms with Crippen LogP contribution >= 0.6 is 11.3 Å². The van der Waals surface area contributed by atoms with Crippen LogP contribution in [0.15, 0.2) is 42.5 Å². The summed E-state index contributed by atoms with van der Waals surface area (Å²) in [4.78, 5) is 2.29. The Balaban J connectivity index is 2.01. The largest absolute Gasteiger partial charge is 0.755 e. The summed E-state index contributed by atoms with van der Waals surface area (Å²) < 4.78 is 55.0. The molecule has 34 heavy (non-hydrogen) atoms. The van der Waals surface area contributed by atoms with Crippen molar-refractivity contribution in [2.24, 2.45) is 11.8 Å². The highest BCUT2D eigenvalue weighted by Gasteiger charge is 2.26. The normalized spacial score (nSPS) is 13.9. The number of hydrogen-bond donors (Lipinski definition) is 0. The molecule has 3 rings (SSSR count). The monoisotopic (exact) mass is 507 g/mol. The van der Waals surface area contributed by atoms with E-state index in [4.69, 9.17) is 0 Å². The van der Waals surface area contributed by atoms with Gasteiger partial charge in [-0.15, -0.1) is 11.3 Å². The lowest BCUT2D eigenvalue weighted by Gasteiger charge is -2.38. The summed E-state index contributed by atoms with van der Waals surface area (Å²) in [6, 6.07) is 11.6. The van der Waals surface area contributed by atoms with E-state index in [0.29, 0.717) is 28.8 Å². The third kappa shape index (κ3) is 6.62. The van der Waals surface area contributed by atoms with Crippen molar-refractivity contribution < 1.29 is 17.5 Å². The molecule has 186 valence electrons. The minimum absolute atomic E-state index is 0.211. The number of fused-ring (bicyclic) bond motifs is 1. The highest BCUT2D eigenvalue weighted by Crippen LogP contribution is 2.38. The first kappa shape index (κ1) is 26.7. The molecule has 0 radical (unpaired) electrons. The average molecular weight is 508 g/mol. The summed E-state index contributed by atoms with van der Waals surface area (Å²) in [5.41, 5.74) is 1.57. The van der Waals surface area contributed by atoms with Gasteiger partial charge in [-0.3, -0.25) is 13.4 Å².